The average Bonchev–Trinajstić information content (AvgIpc) is 3.14. The molecule has 3 rings (SSSR count). The summed E-state index contributed by atoms with van der Waals surface area (Å²) in [7, 11) is 4.48. The van der Waals surface area contributed by atoms with Gasteiger partial charge in [0.15, 0.2) is 11.5 Å². The molecular formula is C20H22N6O5. The summed E-state index contributed by atoms with van der Waals surface area (Å²) >= 11 is 0. The Morgan fingerprint density at radius 2 is 1.68 bits per heavy atom. The number of nitrogens with one attached hydrogen (secondary N) is 2. The van der Waals surface area contributed by atoms with E-state index in [4.69, 9.17) is 19.9 Å². The molecule has 2 aromatic carbocycles. The van der Waals surface area contributed by atoms with Crippen molar-refractivity contribution in [1.82, 2.24) is 15.0 Å². The molecule has 4 N–H and O–H groups in total. The van der Waals surface area contributed by atoms with Gasteiger partial charge in [0, 0.05) is 6.07 Å². The van der Waals surface area contributed by atoms with Crippen LogP contribution in [-0.4, -0.2) is 48.1 Å². The van der Waals surface area contributed by atoms with Crippen molar-refractivity contribution in [3.05, 3.63) is 48.2 Å². The number of carbonyl (C=O) groups excluding carboxylic acids is 2. The summed E-state index contributed by atoms with van der Waals surface area (Å²) in [5.41, 5.74) is 6.74. The van der Waals surface area contributed by atoms with E-state index in [1.165, 1.54) is 21.3 Å². The number of nitrogen functional groups attached to an aromatic ring is 1. The number of rotatable bonds is 8. The molecule has 0 bridgehead atoms. The normalized spacial score (nSPS) is 10.3. The van der Waals surface area contributed by atoms with Gasteiger partial charge < -0.3 is 30.6 Å². The van der Waals surface area contributed by atoms with E-state index in [-0.39, 0.29) is 18.1 Å². The fourth-order valence-electron chi connectivity index (χ4n) is 2.77. The second-order valence-corrected chi connectivity index (χ2v) is 6.25. The Labute approximate surface area is 178 Å². The number of amides is 2. The second-order valence-electron chi connectivity index (χ2n) is 6.25. The molecule has 0 unspecified atom stereocenters. The number of carbonyl (C=O) groups is 2. The van der Waals surface area contributed by atoms with E-state index in [9.17, 15) is 9.59 Å². The molecule has 0 aliphatic heterocycles. The molecule has 0 radical (unpaired) electrons. The smallest absolute Gasteiger partial charge is 0.280 e. The Balaban J connectivity index is 1.72. The predicted octanol–water partition coefficient (Wildman–Crippen LogP) is 1.78. The van der Waals surface area contributed by atoms with E-state index in [0.29, 0.717) is 28.6 Å². The third kappa shape index (κ3) is 4.83. The molecule has 31 heavy (non-hydrogen) atoms. The van der Waals surface area contributed by atoms with Crippen molar-refractivity contribution in [3.63, 3.8) is 0 Å². The predicted molar refractivity (Wildman–Crippen MR) is 114 cm³/mol. The molecule has 0 fully saturated rings. The first-order valence-corrected chi connectivity index (χ1v) is 9.12. The van der Waals surface area contributed by atoms with Crippen LogP contribution in [0.25, 0.3) is 0 Å². The Morgan fingerprint density at radius 3 is 2.39 bits per heavy atom. The van der Waals surface area contributed by atoms with Crippen LogP contribution in [0.1, 0.15) is 10.5 Å². The molecule has 0 aliphatic carbocycles. The van der Waals surface area contributed by atoms with Crippen LogP contribution in [0.2, 0.25) is 0 Å². The highest BCUT2D eigenvalue weighted by Gasteiger charge is 2.21. The molecule has 11 nitrogen and oxygen atoms in total. The van der Waals surface area contributed by atoms with E-state index < -0.39 is 11.8 Å². The Kier molecular flexibility index (Phi) is 6.55. The number of methoxy groups -OCH3 is 3. The van der Waals surface area contributed by atoms with Gasteiger partial charge in [-0.15, -0.1) is 5.10 Å². The van der Waals surface area contributed by atoms with E-state index in [2.05, 4.69) is 20.9 Å². The van der Waals surface area contributed by atoms with Gasteiger partial charge in [-0.2, -0.15) is 0 Å². The molecule has 0 atom stereocenters. The SMILES string of the molecule is COc1ccc(OC)c(NC(=O)c2nnn(CC(=O)Nc3ccccc3OC)c2N)c1. The molecule has 162 valence electrons. The quantitative estimate of drug-likeness (QED) is 0.495. The zero-order chi connectivity index (χ0) is 22.4. The maximum Gasteiger partial charge on any atom is 0.280 e. The second kappa shape index (κ2) is 9.48. The molecule has 0 spiro atoms. The lowest BCUT2D eigenvalue weighted by atomic mass is 10.2. The van der Waals surface area contributed by atoms with Gasteiger partial charge in [-0.25, -0.2) is 4.68 Å². The average molecular weight is 426 g/mol. The summed E-state index contributed by atoms with van der Waals surface area (Å²) in [6.45, 7) is -0.243. The number of benzene rings is 2. The topological polar surface area (TPSA) is 143 Å². The van der Waals surface area contributed by atoms with Crippen LogP contribution in [-0.2, 0) is 11.3 Å². The zero-order valence-corrected chi connectivity index (χ0v) is 17.2. The Hall–Kier alpha value is -4.28. The van der Waals surface area contributed by atoms with Crippen molar-refractivity contribution < 1.29 is 23.8 Å². The van der Waals surface area contributed by atoms with E-state index in [0.717, 1.165) is 4.68 Å². The van der Waals surface area contributed by atoms with Crippen molar-refractivity contribution in [3.8, 4) is 17.2 Å². The van der Waals surface area contributed by atoms with Crippen LogP contribution in [0.5, 0.6) is 17.2 Å². The van der Waals surface area contributed by atoms with Gasteiger partial charge in [0.1, 0.15) is 23.8 Å². The van der Waals surface area contributed by atoms with Crippen molar-refractivity contribution in [2.24, 2.45) is 0 Å². The van der Waals surface area contributed by atoms with Gasteiger partial charge in [-0.05, 0) is 24.3 Å². The van der Waals surface area contributed by atoms with Gasteiger partial charge in [-0.3, -0.25) is 9.59 Å². The van der Waals surface area contributed by atoms with Crippen molar-refractivity contribution >= 4 is 29.0 Å². The van der Waals surface area contributed by atoms with Gasteiger partial charge in [0.05, 0.1) is 32.7 Å². The summed E-state index contributed by atoms with van der Waals surface area (Å²) < 4.78 is 16.7. The number of hydrogen-bond acceptors (Lipinski definition) is 8. The lowest BCUT2D eigenvalue weighted by Crippen LogP contribution is -2.21. The minimum absolute atomic E-state index is 0.0606. The first-order valence-electron chi connectivity index (χ1n) is 9.12. The van der Waals surface area contributed by atoms with Crippen molar-refractivity contribution in [2.75, 3.05) is 37.7 Å². The standard InChI is InChI=1S/C20H22N6O5/c1-29-12-8-9-16(31-3)14(10-12)23-20(28)18-19(21)26(25-24-18)11-17(27)22-13-6-4-5-7-15(13)30-2/h4-10H,11,21H2,1-3H3,(H,22,27)(H,23,28). The highest BCUT2D eigenvalue weighted by Crippen LogP contribution is 2.29. The summed E-state index contributed by atoms with van der Waals surface area (Å²) in [6.07, 6.45) is 0. The van der Waals surface area contributed by atoms with Crippen LogP contribution in [0.3, 0.4) is 0 Å². The van der Waals surface area contributed by atoms with Crippen molar-refractivity contribution in [1.29, 1.82) is 0 Å². The van der Waals surface area contributed by atoms with Crippen LogP contribution in [0, 0.1) is 0 Å². The van der Waals surface area contributed by atoms with Gasteiger partial charge in [0.25, 0.3) is 5.91 Å². The summed E-state index contributed by atoms with van der Waals surface area (Å²) in [6, 6.07) is 11.9. The Morgan fingerprint density at radius 1 is 0.968 bits per heavy atom. The number of hydrogen-bond donors (Lipinski definition) is 3. The maximum absolute atomic E-state index is 12.7. The first-order chi connectivity index (χ1) is 15.0. The highest BCUT2D eigenvalue weighted by molar-refractivity contribution is 6.06. The molecule has 0 saturated heterocycles. The van der Waals surface area contributed by atoms with E-state index in [1.807, 2.05) is 0 Å². The lowest BCUT2D eigenvalue weighted by molar-refractivity contribution is -0.116. The van der Waals surface area contributed by atoms with Crippen LogP contribution < -0.4 is 30.6 Å². The first kappa shape index (κ1) is 21.4. The lowest BCUT2D eigenvalue weighted by Gasteiger charge is -2.11. The third-order valence-corrected chi connectivity index (χ3v) is 4.32. The zero-order valence-electron chi connectivity index (χ0n) is 17.2. The largest absolute Gasteiger partial charge is 0.497 e. The number of nitrogens with zero attached hydrogens (tertiary/aromatic N) is 3. The Bertz CT molecular complexity index is 1100. The number of para-hydroxylation sites is 2. The minimum Gasteiger partial charge on any atom is -0.497 e. The molecule has 11 heteroatoms. The number of aromatic nitrogens is 3. The van der Waals surface area contributed by atoms with Crippen LogP contribution in [0.4, 0.5) is 17.2 Å². The minimum atomic E-state index is -0.611. The monoisotopic (exact) mass is 426 g/mol. The third-order valence-electron chi connectivity index (χ3n) is 4.32. The molecule has 0 saturated carbocycles. The summed E-state index contributed by atoms with van der Waals surface area (Å²) in [5, 5.41) is 13.0. The molecule has 3 aromatic rings. The molecule has 2 amide bonds. The van der Waals surface area contributed by atoms with E-state index >= 15 is 0 Å². The van der Waals surface area contributed by atoms with Gasteiger partial charge >= 0.3 is 0 Å². The number of anilines is 3. The highest BCUT2D eigenvalue weighted by atomic mass is 16.5. The molecule has 1 heterocycles. The molecule has 0 aliphatic rings. The number of ether oxygens (including phenoxy) is 3. The fourth-order valence-corrected chi connectivity index (χ4v) is 2.77. The van der Waals surface area contributed by atoms with Crippen molar-refractivity contribution in [2.45, 2.75) is 6.54 Å². The summed E-state index contributed by atoms with van der Waals surface area (Å²) in [4.78, 5) is 25.0. The summed E-state index contributed by atoms with van der Waals surface area (Å²) in [5.74, 6) is 0.379. The molecule has 1 aromatic heterocycles. The molecular weight excluding hydrogens is 404 g/mol. The van der Waals surface area contributed by atoms with Crippen LogP contribution in [0.15, 0.2) is 42.5 Å². The maximum atomic E-state index is 12.7. The van der Waals surface area contributed by atoms with Gasteiger partial charge in [-0.1, -0.05) is 17.3 Å². The number of nitrogens with two attached hydrogens (primary N) is 1. The fraction of sp³-hybridized carbons (Fsp3) is 0.200. The van der Waals surface area contributed by atoms with Gasteiger partial charge in [0.2, 0.25) is 5.91 Å². The van der Waals surface area contributed by atoms with E-state index in [1.54, 1.807) is 42.5 Å². The van der Waals surface area contributed by atoms with Crippen LogP contribution >= 0.6 is 0 Å².